The van der Waals surface area contributed by atoms with Crippen LogP contribution >= 0.6 is 0 Å². The molecular formula is C23H26O6S. The second-order valence-corrected chi connectivity index (χ2v) is 9.61. The van der Waals surface area contributed by atoms with Gasteiger partial charge in [0.1, 0.15) is 5.75 Å². The molecule has 160 valence electrons. The molecule has 1 aliphatic carbocycles. The van der Waals surface area contributed by atoms with Crippen LogP contribution in [0.5, 0.6) is 5.75 Å². The standard InChI is InChI=1S/C23H26O6S/c1-14-6-10-18(15-7-8-15)21(17-9-11-19-16(13-17)5-4-12-28-19)20(14)22(23(24)27-2)29-30(3,25)26/h6,9-11,13,15,22H,4-5,7-8,12H2,1-3H3. The minimum absolute atomic E-state index is 0.392. The number of benzene rings is 2. The van der Waals surface area contributed by atoms with Gasteiger partial charge in [-0.3, -0.25) is 4.18 Å². The number of hydrogen-bond donors (Lipinski definition) is 0. The maximum absolute atomic E-state index is 12.6. The molecular weight excluding hydrogens is 404 g/mol. The van der Waals surface area contributed by atoms with Crippen molar-refractivity contribution >= 4 is 16.1 Å². The lowest BCUT2D eigenvalue weighted by atomic mass is 9.85. The van der Waals surface area contributed by atoms with E-state index in [-0.39, 0.29) is 0 Å². The summed E-state index contributed by atoms with van der Waals surface area (Å²) >= 11 is 0. The third-order valence-electron chi connectivity index (χ3n) is 5.66. The number of carbonyl (C=O) groups excluding carboxylic acids is 1. The summed E-state index contributed by atoms with van der Waals surface area (Å²) in [6, 6.07) is 10.0. The zero-order valence-corrected chi connectivity index (χ0v) is 18.3. The van der Waals surface area contributed by atoms with Crippen molar-refractivity contribution in [3.05, 3.63) is 52.6 Å². The first kappa shape index (κ1) is 20.9. The van der Waals surface area contributed by atoms with Gasteiger partial charge in [0.2, 0.25) is 0 Å². The van der Waals surface area contributed by atoms with Crippen molar-refractivity contribution in [1.82, 2.24) is 0 Å². The largest absolute Gasteiger partial charge is 0.493 e. The number of rotatable bonds is 6. The van der Waals surface area contributed by atoms with E-state index in [0.717, 1.165) is 65.5 Å². The van der Waals surface area contributed by atoms with Gasteiger partial charge in [-0.25, -0.2) is 4.79 Å². The molecule has 1 atom stereocenters. The van der Waals surface area contributed by atoms with E-state index in [4.69, 9.17) is 13.7 Å². The summed E-state index contributed by atoms with van der Waals surface area (Å²) in [7, 11) is -2.66. The first-order valence-electron chi connectivity index (χ1n) is 10.1. The van der Waals surface area contributed by atoms with E-state index >= 15 is 0 Å². The summed E-state index contributed by atoms with van der Waals surface area (Å²) in [4.78, 5) is 12.6. The van der Waals surface area contributed by atoms with Gasteiger partial charge >= 0.3 is 5.97 Å². The van der Waals surface area contributed by atoms with Crippen molar-refractivity contribution in [1.29, 1.82) is 0 Å². The molecule has 4 rings (SSSR count). The Kier molecular flexibility index (Phi) is 5.59. The molecule has 7 heteroatoms. The Morgan fingerprint density at radius 1 is 1.20 bits per heavy atom. The molecule has 0 N–H and O–H groups in total. The monoisotopic (exact) mass is 430 g/mol. The number of esters is 1. The van der Waals surface area contributed by atoms with Crippen LogP contribution in [-0.2, 0) is 30.3 Å². The average Bonchev–Trinajstić information content (AvgIpc) is 3.55. The molecule has 1 fully saturated rings. The molecule has 30 heavy (non-hydrogen) atoms. The molecule has 0 saturated heterocycles. The molecule has 1 unspecified atom stereocenters. The van der Waals surface area contributed by atoms with Gasteiger partial charge in [0.05, 0.1) is 20.0 Å². The third-order valence-corrected chi connectivity index (χ3v) is 6.20. The van der Waals surface area contributed by atoms with Gasteiger partial charge in [-0.1, -0.05) is 18.2 Å². The maximum atomic E-state index is 12.6. The Morgan fingerprint density at radius 2 is 1.97 bits per heavy atom. The van der Waals surface area contributed by atoms with E-state index in [1.165, 1.54) is 7.11 Å². The van der Waals surface area contributed by atoms with Crippen LogP contribution in [0, 0.1) is 6.92 Å². The molecule has 0 aromatic heterocycles. The number of carbonyl (C=O) groups is 1. The molecule has 0 radical (unpaired) electrons. The smallest absolute Gasteiger partial charge is 0.341 e. The van der Waals surface area contributed by atoms with E-state index in [1.54, 1.807) is 0 Å². The molecule has 2 aliphatic rings. The van der Waals surface area contributed by atoms with Gasteiger partial charge in [0.25, 0.3) is 10.1 Å². The fourth-order valence-electron chi connectivity index (χ4n) is 4.14. The zero-order chi connectivity index (χ0) is 21.5. The van der Waals surface area contributed by atoms with Crippen molar-refractivity contribution < 1.29 is 26.9 Å². The fraction of sp³-hybridized carbons (Fsp3) is 0.435. The van der Waals surface area contributed by atoms with Gasteiger partial charge in [-0.05, 0) is 78.5 Å². The van der Waals surface area contributed by atoms with Crippen molar-refractivity contribution in [3.63, 3.8) is 0 Å². The number of ether oxygens (including phenoxy) is 2. The van der Waals surface area contributed by atoms with Crippen molar-refractivity contribution in [2.24, 2.45) is 0 Å². The van der Waals surface area contributed by atoms with Crippen LogP contribution in [0.4, 0.5) is 0 Å². The van der Waals surface area contributed by atoms with Crippen LogP contribution in [0.25, 0.3) is 11.1 Å². The highest BCUT2D eigenvalue weighted by atomic mass is 32.2. The lowest BCUT2D eigenvalue weighted by molar-refractivity contribution is -0.149. The van der Waals surface area contributed by atoms with E-state index in [0.29, 0.717) is 18.1 Å². The molecule has 1 heterocycles. The second-order valence-electron chi connectivity index (χ2n) is 8.01. The Balaban J connectivity index is 1.94. The highest BCUT2D eigenvalue weighted by molar-refractivity contribution is 7.86. The lowest BCUT2D eigenvalue weighted by Crippen LogP contribution is -2.22. The molecule has 1 saturated carbocycles. The summed E-state index contributed by atoms with van der Waals surface area (Å²) in [5.74, 6) is 0.534. The molecule has 2 aromatic carbocycles. The minimum atomic E-state index is -3.89. The van der Waals surface area contributed by atoms with Crippen LogP contribution in [0.2, 0.25) is 0 Å². The first-order chi connectivity index (χ1) is 14.3. The normalized spacial score (nSPS) is 17.0. The highest BCUT2D eigenvalue weighted by Crippen LogP contribution is 2.48. The predicted molar refractivity (Wildman–Crippen MR) is 113 cm³/mol. The SMILES string of the molecule is COC(=O)C(OS(C)(=O)=O)c1c(C)ccc(C2CC2)c1-c1ccc2c(c1)CCCO2. The molecule has 0 bridgehead atoms. The maximum Gasteiger partial charge on any atom is 0.341 e. The summed E-state index contributed by atoms with van der Waals surface area (Å²) in [6.07, 6.45) is 3.60. The molecule has 0 spiro atoms. The Hall–Kier alpha value is -2.38. The van der Waals surface area contributed by atoms with Crippen molar-refractivity contribution in [2.45, 2.75) is 44.6 Å². The van der Waals surface area contributed by atoms with Gasteiger partial charge in [-0.15, -0.1) is 0 Å². The molecule has 0 amide bonds. The van der Waals surface area contributed by atoms with Gasteiger partial charge in [0, 0.05) is 5.56 Å². The van der Waals surface area contributed by atoms with Crippen molar-refractivity contribution in [3.8, 4) is 16.9 Å². The van der Waals surface area contributed by atoms with Gasteiger partial charge < -0.3 is 9.47 Å². The molecule has 6 nitrogen and oxygen atoms in total. The zero-order valence-electron chi connectivity index (χ0n) is 17.4. The average molecular weight is 431 g/mol. The number of methoxy groups -OCH3 is 1. The van der Waals surface area contributed by atoms with Crippen LogP contribution in [0.1, 0.15) is 53.5 Å². The Morgan fingerprint density at radius 3 is 2.63 bits per heavy atom. The van der Waals surface area contributed by atoms with Crippen LogP contribution in [-0.4, -0.2) is 34.4 Å². The van der Waals surface area contributed by atoms with Crippen LogP contribution in [0.15, 0.2) is 30.3 Å². The number of fused-ring (bicyclic) bond motifs is 1. The quantitative estimate of drug-likeness (QED) is 0.508. The number of aryl methyl sites for hydroxylation is 2. The Labute approximate surface area is 177 Å². The minimum Gasteiger partial charge on any atom is -0.493 e. The lowest BCUT2D eigenvalue weighted by Gasteiger charge is -2.24. The summed E-state index contributed by atoms with van der Waals surface area (Å²) in [6.45, 7) is 2.57. The van der Waals surface area contributed by atoms with E-state index in [2.05, 4.69) is 12.1 Å². The van der Waals surface area contributed by atoms with E-state index in [1.807, 2.05) is 25.1 Å². The van der Waals surface area contributed by atoms with Gasteiger partial charge in [0.15, 0.2) is 6.10 Å². The number of hydrogen-bond acceptors (Lipinski definition) is 6. The Bertz CT molecular complexity index is 1090. The predicted octanol–water partition coefficient (Wildman–Crippen LogP) is 4.05. The van der Waals surface area contributed by atoms with Crippen LogP contribution < -0.4 is 4.74 Å². The van der Waals surface area contributed by atoms with E-state index in [9.17, 15) is 13.2 Å². The first-order valence-corrected chi connectivity index (χ1v) is 12.0. The highest BCUT2D eigenvalue weighted by Gasteiger charge is 2.35. The summed E-state index contributed by atoms with van der Waals surface area (Å²) < 4.78 is 39.9. The fourth-order valence-corrected chi connectivity index (χ4v) is 4.66. The summed E-state index contributed by atoms with van der Waals surface area (Å²) in [5, 5.41) is 0. The van der Waals surface area contributed by atoms with Crippen LogP contribution in [0.3, 0.4) is 0 Å². The second kappa shape index (κ2) is 8.04. The van der Waals surface area contributed by atoms with Crippen molar-refractivity contribution in [2.75, 3.05) is 20.0 Å². The third kappa shape index (κ3) is 4.23. The summed E-state index contributed by atoms with van der Waals surface area (Å²) in [5.41, 5.74) is 5.36. The topological polar surface area (TPSA) is 78.9 Å². The molecule has 1 aliphatic heterocycles. The van der Waals surface area contributed by atoms with Gasteiger partial charge in [-0.2, -0.15) is 8.42 Å². The van der Waals surface area contributed by atoms with E-state index < -0.39 is 22.2 Å². The molecule has 2 aromatic rings.